The van der Waals surface area contributed by atoms with Crippen LogP contribution in [-0.2, 0) is 12.0 Å². The molecule has 1 aromatic rings. The van der Waals surface area contributed by atoms with E-state index in [2.05, 4.69) is 0 Å². The predicted molar refractivity (Wildman–Crippen MR) is 51.2 cm³/mol. The lowest BCUT2D eigenvalue weighted by Crippen LogP contribution is -2.40. The highest BCUT2D eigenvalue weighted by Crippen LogP contribution is 2.32. The SMILES string of the molecule is CCc1ccsc1C(C)(N)C(F)F. The third-order valence-corrected chi connectivity index (χ3v) is 3.28. The normalized spacial score (nSPS) is 16.2. The van der Waals surface area contributed by atoms with Crippen molar-refractivity contribution in [1.29, 1.82) is 0 Å². The number of halogens is 2. The van der Waals surface area contributed by atoms with Gasteiger partial charge in [-0.05, 0) is 30.4 Å². The lowest BCUT2D eigenvalue weighted by atomic mass is 9.98. The van der Waals surface area contributed by atoms with E-state index in [1.54, 1.807) is 0 Å². The molecule has 0 spiro atoms. The van der Waals surface area contributed by atoms with Crippen LogP contribution in [-0.4, -0.2) is 6.43 Å². The van der Waals surface area contributed by atoms with Crippen LogP contribution in [0.3, 0.4) is 0 Å². The molecule has 0 aliphatic heterocycles. The minimum atomic E-state index is -2.52. The molecule has 4 heteroatoms. The van der Waals surface area contributed by atoms with Crippen LogP contribution < -0.4 is 5.73 Å². The first kappa shape index (κ1) is 10.6. The maximum Gasteiger partial charge on any atom is 0.260 e. The van der Waals surface area contributed by atoms with Crippen LogP contribution in [0.2, 0.25) is 0 Å². The van der Waals surface area contributed by atoms with Crippen LogP contribution in [0.4, 0.5) is 8.78 Å². The average Bonchev–Trinajstić information content (AvgIpc) is 2.51. The van der Waals surface area contributed by atoms with E-state index in [0.717, 1.165) is 12.0 Å². The summed E-state index contributed by atoms with van der Waals surface area (Å²) in [5.74, 6) is 0. The highest BCUT2D eigenvalue weighted by Gasteiger charge is 2.34. The molecule has 0 aliphatic carbocycles. The second-order valence-corrected chi connectivity index (χ2v) is 4.13. The van der Waals surface area contributed by atoms with Gasteiger partial charge in [0.1, 0.15) is 5.54 Å². The number of hydrogen-bond donors (Lipinski definition) is 1. The molecule has 1 heterocycles. The summed E-state index contributed by atoms with van der Waals surface area (Å²) in [6.07, 6.45) is -1.77. The number of aryl methyl sites for hydroxylation is 1. The van der Waals surface area contributed by atoms with Gasteiger partial charge in [-0.3, -0.25) is 0 Å². The topological polar surface area (TPSA) is 26.0 Å². The van der Waals surface area contributed by atoms with Gasteiger partial charge in [-0.25, -0.2) is 8.78 Å². The number of nitrogens with two attached hydrogens (primary N) is 1. The van der Waals surface area contributed by atoms with Crippen molar-refractivity contribution in [2.45, 2.75) is 32.2 Å². The molecule has 1 unspecified atom stereocenters. The Kier molecular flexibility index (Phi) is 3.03. The van der Waals surface area contributed by atoms with Gasteiger partial charge in [0.25, 0.3) is 6.43 Å². The molecule has 0 saturated heterocycles. The zero-order valence-electron chi connectivity index (χ0n) is 7.68. The zero-order valence-corrected chi connectivity index (χ0v) is 8.50. The van der Waals surface area contributed by atoms with Crippen molar-refractivity contribution in [3.63, 3.8) is 0 Å². The van der Waals surface area contributed by atoms with E-state index >= 15 is 0 Å². The highest BCUT2D eigenvalue weighted by molar-refractivity contribution is 7.10. The molecule has 0 amide bonds. The quantitative estimate of drug-likeness (QED) is 0.806. The molecule has 0 bridgehead atoms. The molecule has 0 radical (unpaired) electrons. The van der Waals surface area contributed by atoms with Gasteiger partial charge in [0, 0.05) is 4.88 Å². The van der Waals surface area contributed by atoms with Gasteiger partial charge in [-0.15, -0.1) is 11.3 Å². The third kappa shape index (κ3) is 1.89. The summed E-state index contributed by atoms with van der Waals surface area (Å²) in [6, 6.07) is 1.85. The second kappa shape index (κ2) is 3.72. The molecule has 1 aromatic heterocycles. The lowest BCUT2D eigenvalue weighted by Gasteiger charge is -2.23. The van der Waals surface area contributed by atoms with Crippen molar-refractivity contribution in [2.75, 3.05) is 0 Å². The summed E-state index contributed by atoms with van der Waals surface area (Å²) < 4.78 is 25.1. The van der Waals surface area contributed by atoms with Crippen LogP contribution in [0.5, 0.6) is 0 Å². The molecule has 0 saturated carbocycles. The maximum atomic E-state index is 12.6. The largest absolute Gasteiger partial charge is 0.316 e. The van der Waals surface area contributed by atoms with E-state index in [9.17, 15) is 8.78 Å². The van der Waals surface area contributed by atoms with Gasteiger partial charge >= 0.3 is 0 Å². The number of hydrogen-bond acceptors (Lipinski definition) is 2. The monoisotopic (exact) mass is 205 g/mol. The van der Waals surface area contributed by atoms with Crippen molar-refractivity contribution in [1.82, 2.24) is 0 Å². The Morgan fingerprint density at radius 2 is 2.23 bits per heavy atom. The highest BCUT2D eigenvalue weighted by atomic mass is 32.1. The molecular formula is C9H13F2NS. The van der Waals surface area contributed by atoms with Gasteiger partial charge in [0.05, 0.1) is 0 Å². The second-order valence-electron chi connectivity index (χ2n) is 3.21. The van der Waals surface area contributed by atoms with Crippen molar-refractivity contribution in [2.24, 2.45) is 5.73 Å². The summed E-state index contributed by atoms with van der Waals surface area (Å²) in [6.45, 7) is 3.32. The minimum Gasteiger partial charge on any atom is -0.316 e. The Balaban J connectivity index is 3.06. The summed E-state index contributed by atoms with van der Waals surface area (Å²) in [4.78, 5) is 0.602. The van der Waals surface area contributed by atoms with Crippen molar-refractivity contribution in [3.8, 4) is 0 Å². The fraction of sp³-hybridized carbons (Fsp3) is 0.556. The standard InChI is InChI=1S/C9H13F2NS/c1-3-6-4-5-13-7(6)9(2,12)8(10)11/h4-5,8H,3,12H2,1-2H3. The molecule has 13 heavy (non-hydrogen) atoms. The number of thiophene rings is 1. The molecule has 0 aliphatic rings. The smallest absolute Gasteiger partial charge is 0.260 e. The summed E-state index contributed by atoms with van der Waals surface area (Å²) >= 11 is 1.30. The fourth-order valence-corrected chi connectivity index (χ4v) is 2.26. The Hall–Kier alpha value is -0.480. The molecule has 74 valence electrons. The van der Waals surface area contributed by atoms with Gasteiger partial charge < -0.3 is 5.73 Å². The minimum absolute atomic E-state index is 0.602. The van der Waals surface area contributed by atoms with Gasteiger partial charge in [-0.1, -0.05) is 6.92 Å². The van der Waals surface area contributed by atoms with E-state index in [0.29, 0.717) is 4.88 Å². The number of alkyl halides is 2. The first-order chi connectivity index (χ1) is 6.00. The molecule has 0 aromatic carbocycles. The molecule has 0 fully saturated rings. The molecule has 2 N–H and O–H groups in total. The van der Waals surface area contributed by atoms with Crippen molar-refractivity contribution < 1.29 is 8.78 Å². The Morgan fingerprint density at radius 1 is 1.62 bits per heavy atom. The van der Waals surface area contributed by atoms with E-state index in [1.165, 1.54) is 18.3 Å². The zero-order chi connectivity index (χ0) is 10.1. The van der Waals surface area contributed by atoms with E-state index < -0.39 is 12.0 Å². The van der Waals surface area contributed by atoms with Gasteiger partial charge in [0.15, 0.2) is 0 Å². The fourth-order valence-electron chi connectivity index (χ4n) is 1.19. The predicted octanol–water partition coefficient (Wildman–Crippen LogP) is 2.75. The van der Waals surface area contributed by atoms with Crippen LogP contribution in [0, 0.1) is 0 Å². The Morgan fingerprint density at radius 3 is 2.69 bits per heavy atom. The first-order valence-electron chi connectivity index (χ1n) is 4.14. The average molecular weight is 205 g/mol. The Labute approximate surface area is 80.6 Å². The van der Waals surface area contributed by atoms with Crippen LogP contribution in [0.1, 0.15) is 24.3 Å². The van der Waals surface area contributed by atoms with Crippen LogP contribution >= 0.6 is 11.3 Å². The van der Waals surface area contributed by atoms with E-state index in [-0.39, 0.29) is 0 Å². The third-order valence-electron chi connectivity index (χ3n) is 2.07. The summed E-state index contributed by atoms with van der Waals surface area (Å²) in [5, 5.41) is 1.81. The van der Waals surface area contributed by atoms with Gasteiger partial charge in [-0.2, -0.15) is 0 Å². The molecule has 1 atom stereocenters. The van der Waals surface area contributed by atoms with Crippen LogP contribution in [0.25, 0.3) is 0 Å². The number of rotatable bonds is 3. The van der Waals surface area contributed by atoms with E-state index in [1.807, 2.05) is 18.4 Å². The summed E-state index contributed by atoms with van der Waals surface area (Å²) in [5.41, 5.74) is 4.99. The van der Waals surface area contributed by atoms with Crippen LogP contribution in [0.15, 0.2) is 11.4 Å². The maximum absolute atomic E-state index is 12.6. The van der Waals surface area contributed by atoms with Gasteiger partial charge in [0.2, 0.25) is 0 Å². The van der Waals surface area contributed by atoms with Crippen molar-refractivity contribution in [3.05, 3.63) is 21.9 Å². The van der Waals surface area contributed by atoms with Crippen molar-refractivity contribution >= 4 is 11.3 Å². The summed E-state index contributed by atoms with van der Waals surface area (Å²) in [7, 11) is 0. The molecular weight excluding hydrogens is 192 g/mol. The molecule has 1 nitrogen and oxygen atoms in total. The Bertz CT molecular complexity index is 281. The first-order valence-corrected chi connectivity index (χ1v) is 5.02. The van der Waals surface area contributed by atoms with E-state index in [4.69, 9.17) is 5.73 Å². The lowest BCUT2D eigenvalue weighted by molar-refractivity contribution is 0.0640. The molecule has 1 rings (SSSR count).